The summed E-state index contributed by atoms with van der Waals surface area (Å²) in [6.07, 6.45) is 2.06. The number of hydrogen-bond acceptors (Lipinski definition) is 5. The van der Waals surface area contributed by atoms with Crippen LogP contribution in [-0.4, -0.2) is 41.3 Å². The first kappa shape index (κ1) is 21.5. The number of halogens is 1. The molecule has 5 nitrogen and oxygen atoms in total. The molecule has 2 aliphatic heterocycles. The minimum Gasteiger partial charge on any atom is -0.486 e. The fourth-order valence-electron chi connectivity index (χ4n) is 4.08. The van der Waals surface area contributed by atoms with E-state index in [0.29, 0.717) is 19.1 Å². The highest BCUT2D eigenvalue weighted by molar-refractivity contribution is 7.80. The van der Waals surface area contributed by atoms with Crippen LogP contribution in [0.1, 0.15) is 29.3 Å². The Labute approximate surface area is 202 Å². The summed E-state index contributed by atoms with van der Waals surface area (Å²) in [5, 5.41) is 8.20. The minimum absolute atomic E-state index is 0.456. The van der Waals surface area contributed by atoms with E-state index in [1.54, 1.807) is 11.3 Å². The summed E-state index contributed by atoms with van der Waals surface area (Å²) in [7, 11) is 0. The molecule has 1 saturated heterocycles. The van der Waals surface area contributed by atoms with Gasteiger partial charge < -0.3 is 19.7 Å². The van der Waals surface area contributed by atoms with Crippen molar-refractivity contribution in [3.63, 3.8) is 0 Å². The highest BCUT2D eigenvalue weighted by atomic mass is 35.5. The van der Waals surface area contributed by atoms with Crippen molar-refractivity contribution in [3.05, 3.63) is 57.4 Å². The molecule has 32 heavy (non-hydrogen) atoms. The Bertz CT molecular complexity index is 1140. The second-order valence-corrected chi connectivity index (χ2v) is 9.72. The molecular formula is C24H24ClN3O2S2. The van der Waals surface area contributed by atoms with Crippen LogP contribution in [0, 0.1) is 6.92 Å². The molecule has 0 radical (unpaired) electrons. The van der Waals surface area contributed by atoms with Crippen molar-refractivity contribution in [1.82, 2.24) is 9.88 Å². The second kappa shape index (κ2) is 9.25. The molecule has 166 valence electrons. The van der Waals surface area contributed by atoms with E-state index in [1.807, 2.05) is 37.3 Å². The van der Waals surface area contributed by atoms with E-state index in [2.05, 4.69) is 21.7 Å². The van der Waals surface area contributed by atoms with Gasteiger partial charge in [-0.25, -0.2) is 4.98 Å². The third kappa shape index (κ3) is 4.42. The van der Waals surface area contributed by atoms with Gasteiger partial charge in [0.2, 0.25) is 0 Å². The fraction of sp³-hybridized carbons (Fsp3) is 0.333. The lowest BCUT2D eigenvalue weighted by Crippen LogP contribution is -2.40. The molecule has 0 atom stereocenters. The van der Waals surface area contributed by atoms with E-state index in [4.69, 9.17) is 38.3 Å². The highest BCUT2D eigenvalue weighted by Crippen LogP contribution is 2.37. The molecule has 1 fully saturated rings. The Hall–Kier alpha value is -2.35. The van der Waals surface area contributed by atoms with Gasteiger partial charge in [-0.2, -0.15) is 0 Å². The number of nitrogens with zero attached hydrogens (tertiary/aromatic N) is 2. The Kier molecular flexibility index (Phi) is 6.22. The van der Waals surface area contributed by atoms with Gasteiger partial charge in [0, 0.05) is 40.7 Å². The van der Waals surface area contributed by atoms with Crippen LogP contribution in [0.15, 0.2) is 41.8 Å². The molecule has 0 bridgehead atoms. The summed E-state index contributed by atoms with van der Waals surface area (Å²) in [4.78, 5) is 7.19. The molecule has 3 heterocycles. The molecule has 5 rings (SSSR count). The van der Waals surface area contributed by atoms with Crippen LogP contribution in [-0.2, 0) is 0 Å². The van der Waals surface area contributed by atoms with E-state index >= 15 is 0 Å². The number of aromatic nitrogens is 1. The SMILES string of the molecule is Cc1c(Cl)cccc1NC(=S)N1CCC(c2nc(-c3ccc4c(c3)OCCO4)cs2)CC1. The van der Waals surface area contributed by atoms with Crippen molar-refractivity contribution in [3.8, 4) is 22.8 Å². The lowest BCUT2D eigenvalue weighted by atomic mass is 9.98. The topological polar surface area (TPSA) is 46.6 Å². The minimum atomic E-state index is 0.456. The first-order valence-electron chi connectivity index (χ1n) is 10.7. The van der Waals surface area contributed by atoms with Crippen LogP contribution in [0.5, 0.6) is 11.5 Å². The largest absolute Gasteiger partial charge is 0.486 e. The van der Waals surface area contributed by atoms with E-state index in [9.17, 15) is 0 Å². The van der Waals surface area contributed by atoms with Crippen LogP contribution < -0.4 is 14.8 Å². The molecule has 0 amide bonds. The molecule has 1 N–H and O–H groups in total. The second-order valence-electron chi connectivity index (χ2n) is 8.03. The maximum Gasteiger partial charge on any atom is 0.173 e. The zero-order valence-electron chi connectivity index (χ0n) is 17.8. The molecule has 3 aromatic rings. The van der Waals surface area contributed by atoms with E-state index in [-0.39, 0.29) is 0 Å². The summed E-state index contributed by atoms with van der Waals surface area (Å²) in [6, 6.07) is 11.9. The van der Waals surface area contributed by atoms with Gasteiger partial charge in [-0.1, -0.05) is 17.7 Å². The summed E-state index contributed by atoms with van der Waals surface area (Å²) in [6.45, 7) is 5.01. The Morgan fingerprint density at radius 1 is 1.16 bits per heavy atom. The number of fused-ring (bicyclic) bond motifs is 1. The lowest BCUT2D eigenvalue weighted by Gasteiger charge is -2.33. The normalized spacial score (nSPS) is 16.1. The Morgan fingerprint density at radius 3 is 2.75 bits per heavy atom. The van der Waals surface area contributed by atoms with Gasteiger partial charge in [-0.05, 0) is 67.9 Å². The third-order valence-electron chi connectivity index (χ3n) is 6.00. The number of piperidine rings is 1. The maximum atomic E-state index is 6.24. The van der Waals surface area contributed by atoms with Crippen molar-refractivity contribution in [2.24, 2.45) is 0 Å². The zero-order chi connectivity index (χ0) is 22.1. The standard InChI is InChI=1S/C24H24ClN3O2S2/c1-15-18(25)3-2-4-19(15)27-24(31)28-9-7-16(8-10-28)23-26-20(14-32-23)17-5-6-21-22(13-17)30-12-11-29-21/h2-6,13-14,16H,7-12H2,1H3,(H,27,31). The number of nitrogens with one attached hydrogen (secondary N) is 1. The van der Waals surface area contributed by atoms with Crippen molar-refractivity contribution in [1.29, 1.82) is 0 Å². The molecule has 0 unspecified atom stereocenters. The van der Waals surface area contributed by atoms with Crippen molar-refractivity contribution >= 4 is 46.0 Å². The summed E-state index contributed by atoms with van der Waals surface area (Å²) in [5.41, 5.74) is 4.05. The van der Waals surface area contributed by atoms with E-state index in [1.165, 1.54) is 5.01 Å². The van der Waals surface area contributed by atoms with Gasteiger partial charge in [-0.3, -0.25) is 0 Å². The predicted molar refractivity (Wildman–Crippen MR) is 134 cm³/mol. The van der Waals surface area contributed by atoms with Crippen molar-refractivity contribution in [2.75, 3.05) is 31.6 Å². The number of likely N-dealkylation sites (tertiary alicyclic amines) is 1. The number of thiazole rings is 1. The van der Waals surface area contributed by atoms with Crippen LogP contribution in [0.2, 0.25) is 5.02 Å². The lowest BCUT2D eigenvalue weighted by molar-refractivity contribution is 0.171. The molecule has 0 saturated carbocycles. The van der Waals surface area contributed by atoms with Gasteiger partial charge in [-0.15, -0.1) is 11.3 Å². The molecule has 8 heteroatoms. The summed E-state index contributed by atoms with van der Waals surface area (Å²) < 4.78 is 11.3. The maximum absolute atomic E-state index is 6.24. The van der Waals surface area contributed by atoms with Crippen molar-refractivity contribution in [2.45, 2.75) is 25.7 Å². The van der Waals surface area contributed by atoms with E-state index < -0.39 is 0 Å². The average Bonchev–Trinajstić information content (AvgIpc) is 3.32. The van der Waals surface area contributed by atoms with Crippen LogP contribution in [0.4, 0.5) is 5.69 Å². The van der Waals surface area contributed by atoms with Gasteiger partial charge in [0.15, 0.2) is 16.6 Å². The Balaban J connectivity index is 1.21. The quantitative estimate of drug-likeness (QED) is 0.451. The molecule has 2 aliphatic rings. The van der Waals surface area contributed by atoms with Crippen molar-refractivity contribution < 1.29 is 9.47 Å². The predicted octanol–water partition coefficient (Wildman–Crippen LogP) is 6.12. The first-order chi connectivity index (χ1) is 15.6. The number of ether oxygens (including phenoxy) is 2. The zero-order valence-corrected chi connectivity index (χ0v) is 20.2. The summed E-state index contributed by atoms with van der Waals surface area (Å²) in [5.74, 6) is 2.06. The molecule has 2 aromatic carbocycles. The highest BCUT2D eigenvalue weighted by Gasteiger charge is 2.25. The van der Waals surface area contributed by atoms with E-state index in [0.717, 1.165) is 70.1 Å². The molecule has 0 spiro atoms. The van der Waals surface area contributed by atoms with Gasteiger partial charge in [0.05, 0.1) is 10.7 Å². The van der Waals surface area contributed by atoms with Crippen LogP contribution in [0.3, 0.4) is 0 Å². The number of benzene rings is 2. The Morgan fingerprint density at radius 2 is 1.94 bits per heavy atom. The number of hydrogen-bond donors (Lipinski definition) is 1. The van der Waals surface area contributed by atoms with Gasteiger partial charge >= 0.3 is 0 Å². The fourth-order valence-corrected chi connectivity index (χ4v) is 5.54. The number of thiocarbonyl (C=S) groups is 1. The average molecular weight is 486 g/mol. The van der Waals surface area contributed by atoms with Crippen LogP contribution >= 0.6 is 35.2 Å². The number of rotatable bonds is 3. The smallest absolute Gasteiger partial charge is 0.173 e. The molecular weight excluding hydrogens is 462 g/mol. The summed E-state index contributed by atoms with van der Waals surface area (Å²) >= 11 is 13.6. The third-order valence-corrected chi connectivity index (χ3v) is 7.78. The van der Waals surface area contributed by atoms with Gasteiger partial charge in [0.1, 0.15) is 13.2 Å². The number of anilines is 1. The molecule has 0 aliphatic carbocycles. The monoisotopic (exact) mass is 485 g/mol. The molecule has 1 aromatic heterocycles. The van der Waals surface area contributed by atoms with Crippen LogP contribution in [0.25, 0.3) is 11.3 Å². The first-order valence-corrected chi connectivity index (χ1v) is 12.4. The van der Waals surface area contributed by atoms with Gasteiger partial charge in [0.25, 0.3) is 0 Å².